The summed E-state index contributed by atoms with van der Waals surface area (Å²) in [4.78, 5) is 26.4. The number of ether oxygens (including phenoxy) is 2. The van der Waals surface area contributed by atoms with Crippen molar-refractivity contribution in [1.29, 1.82) is 0 Å². The van der Waals surface area contributed by atoms with E-state index in [0.717, 1.165) is 17.1 Å². The molecule has 8 nitrogen and oxygen atoms in total. The highest BCUT2D eigenvalue weighted by Crippen LogP contribution is 2.27. The molecule has 0 fully saturated rings. The van der Waals surface area contributed by atoms with Crippen LogP contribution in [0.5, 0.6) is 5.75 Å². The second kappa shape index (κ2) is 8.97. The number of nitrogens with one attached hydrogen (secondary N) is 1. The van der Waals surface area contributed by atoms with Gasteiger partial charge in [0.05, 0.1) is 31.6 Å². The van der Waals surface area contributed by atoms with Crippen LogP contribution in [0.4, 0.5) is 4.79 Å². The van der Waals surface area contributed by atoms with Crippen LogP contribution < -0.4 is 10.1 Å². The first kappa shape index (κ1) is 20.0. The molecule has 1 aromatic carbocycles. The summed E-state index contributed by atoms with van der Waals surface area (Å²) >= 11 is 5.64. The predicted octanol–water partition coefficient (Wildman–Crippen LogP) is 2.36. The molecule has 1 N–H and O–H groups in total. The number of carbonyl (C=O) groups excluding carboxylic acids is 2. The quantitative estimate of drug-likeness (QED) is 0.588. The monoisotopic (exact) mass is 406 g/mol. The maximum atomic E-state index is 12.5. The van der Waals surface area contributed by atoms with Crippen LogP contribution >= 0.6 is 11.6 Å². The van der Waals surface area contributed by atoms with E-state index in [0.29, 0.717) is 31.0 Å². The second-order valence-electron chi connectivity index (χ2n) is 6.20. The lowest BCUT2D eigenvalue weighted by Crippen LogP contribution is -2.43. The van der Waals surface area contributed by atoms with E-state index in [9.17, 15) is 9.59 Å². The summed E-state index contributed by atoms with van der Waals surface area (Å²) in [7, 11) is 1.60. The number of esters is 1. The number of carbonyl (C=O) groups is 2. The molecular formula is C19H23ClN4O4. The molecule has 1 aliphatic heterocycles. The lowest BCUT2D eigenvalue weighted by Gasteiger charge is -2.27. The molecule has 28 heavy (non-hydrogen) atoms. The Morgan fingerprint density at radius 2 is 2.04 bits per heavy atom. The molecule has 150 valence electrons. The number of halogens is 1. The minimum Gasteiger partial charge on any atom is -0.497 e. The van der Waals surface area contributed by atoms with Gasteiger partial charge in [0, 0.05) is 31.0 Å². The molecule has 9 heteroatoms. The number of alkyl halides is 1. The summed E-state index contributed by atoms with van der Waals surface area (Å²) < 4.78 is 12.1. The molecule has 2 amide bonds. The third-order valence-electron chi connectivity index (χ3n) is 4.50. The third kappa shape index (κ3) is 4.06. The van der Waals surface area contributed by atoms with E-state index in [1.165, 1.54) is 0 Å². The summed E-state index contributed by atoms with van der Waals surface area (Å²) in [6.07, 6.45) is 0.571. The summed E-state index contributed by atoms with van der Waals surface area (Å²) in [5.41, 5.74) is 2.66. The van der Waals surface area contributed by atoms with Crippen LogP contribution in [0.1, 0.15) is 28.7 Å². The fraction of sp³-hybridized carbons (Fsp3) is 0.421. The minimum atomic E-state index is -0.492. The van der Waals surface area contributed by atoms with Crippen LogP contribution in [0.25, 0.3) is 5.69 Å². The van der Waals surface area contributed by atoms with Gasteiger partial charge in [-0.05, 0) is 31.2 Å². The number of methoxy groups -OCH3 is 1. The van der Waals surface area contributed by atoms with Crippen molar-refractivity contribution in [3.05, 3.63) is 41.2 Å². The normalized spacial score (nSPS) is 13.0. The van der Waals surface area contributed by atoms with Gasteiger partial charge in [-0.2, -0.15) is 5.10 Å². The Bertz CT molecular complexity index is 850. The lowest BCUT2D eigenvalue weighted by atomic mass is 10.1. The van der Waals surface area contributed by atoms with Crippen molar-refractivity contribution in [3.8, 4) is 11.4 Å². The van der Waals surface area contributed by atoms with Gasteiger partial charge in [0.1, 0.15) is 5.75 Å². The van der Waals surface area contributed by atoms with Gasteiger partial charge in [-0.3, -0.25) is 0 Å². The number of fused-ring (bicyclic) bond motifs is 1. The number of nitrogens with zero attached hydrogens (tertiary/aromatic N) is 3. The smallest absolute Gasteiger partial charge is 0.359 e. The predicted molar refractivity (Wildman–Crippen MR) is 104 cm³/mol. The van der Waals surface area contributed by atoms with Crippen molar-refractivity contribution in [2.24, 2.45) is 0 Å². The maximum Gasteiger partial charge on any atom is 0.359 e. The minimum absolute atomic E-state index is 0.210. The molecule has 0 unspecified atom stereocenters. The first-order chi connectivity index (χ1) is 13.6. The summed E-state index contributed by atoms with van der Waals surface area (Å²) in [6, 6.07) is 7.21. The Morgan fingerprint density at radius 1 is 1.29 bits per heavy atom. The molecule has 0 saturated heterocycles. The van der Waals surface area contributed by atoms with Gasteiger partial charge in [-0.1, -0.05) is 0 Å². The number of hydrogen-bond acceptors (Lipinski definition) is 5. The Hall–Kier alpha value is -2.74. The zero-order valence-electron chi connectivity index (χ0n) is 15.9. The fourth-order valence-electron chi connectivity index (χ4n) is 3.16. The van der Waals surface area contributed by atoms with Crippen LogP contribution in [-0.4, -0.2) is 59.4 Å². The van der Waals surface area contributed by atoms with E-state index in [4.69, 9.17) is 21.1 Å². The van der Waals surface area contributed by atoms with Gasteiger partial charge in [0.2, 0.25) is 0 Å². The summed E-state index contributed by atoms with van der Waals surface area (Å²) in [5.74, 6) is 0.584. The lowest BCUT2D eigenvalue weighted by molar-refractivity contribution is 0.0516. The SMILES string of the molecule is CCOC(=O)c1nn(-c2ccc(OC)cc2)c2c1CN(C(=O)NCCCl)CC2. The van der Waals surface area contributed by atoms with Gasteiger partial charge >= 0.3 is 12.0 Å². The standard InChI is InChI=1S/C19H23ClN4O4/c1-3-28-18(25)17-15-12-23(19(26)21-10-9-20)11-8-16(15)24(22-17)13-4-6-14(27-2)7-5-13/h4-7H,3,8-12H2,1-2H3,(H,21,26). The molecule has 1 aromatic heterocycles. The molecule has 0 saturated carbocycles. The van der Waals surface area contributed by atoms with Crippen LogP contribution in [-0.2, 0) is 17.7 Å². The number of benzene rings is 1. The molecule has 0 spiro atoms. The molecular weight excluding hydrogens is 384 g/mol. The average Bonchev–Trinajstić information content (AvgIpc) is 3.11. The van der Waals surface area contributed by atoms with E-state index in [2.05, 4.69) is 10.4 Å². The highest BCUT2D eigenvalue weighted by atomic mass is 35.5. The van der Waals surface area contributed by atoms with Crippen LogP contribution in [0.2, 0.25) is 0 Å². The summed E-state index contributed by atoms with van der Waals surface area (Å²) in [6.45, 7) is 3.19. The number of urea groups is 1. The molecule has 0 aliphatic carbocycles. The molecule has 0 radical (unpaired) electrons. The first-order valence-electron chi connectivity index (χ1n) is 9.10. The largest absolute Gasteiger partial charge is 0.497 e. The van der Waals surface area contributed by atoms with Crippen molar-refractivity contribution in [2.45, 2.75) is 19.9 Å². The summed E-state index contributed by atoms with van der Waals surface area (Å²) in [5, 5.41) is 7.27. The van der Waals surface area contributed by atoms with Crippen LogP contribution in [0.15, 0.2) is 24.3 Å². The Kier molecular flexibility index (Phi) is 6.41. The van der Waals surface area contributed by atoms with Crippen molar-refractivity contribution in [3.63, 3.8) is 0 Å². The van der Waals surface area contributed by atoms with E-state index >= 15 is 0 Å². The van der Waals surface area contributed by atoms with Gasteiger partial charge in [-0.15, -0.1) is 11.6 Å². The maximum absolute atomic E-state index is 12.5. The zero-order chi connectivity index (χ0) is 20.1. The highest BCUT2D eigenvalue weighted by Gasteiger charge is 2.31. The second-order valence-corrected chi connectivity index (χ2v) is 6.57. The fourth-order valence-corrected chi connectivity index (χ4v) is 3.25. The van der Waals surface area contributed by atoms with Gasteiger partial charge in [0.15, 0.2) is 5.69 Å². The molecule has 2 aromatic rings. The van der Waals surface area contributed by atoms with E-state index in [-0.39, 0.29) is 24.9 Å². The first-order valence-corrected chi connectivity index (χ1v) is 9.63. The van der Waals surface area contributed by atoms with E-state index in [1.54, 1.807) is 23.6 Å². The number of amides is 2. The van der Waals surface area contributed by atoms with Crippen molar-refractivity contribution < 1.29 is 19.1 Å². The average molecular weight is 407 g/mol. The van der Waals surface area contributed by atoms with Crippen molar-refractivity contribution >= 4 is 23.6 Å². The molecule has 3 rings (SSSR count). The number of aromatic nitrogens is 2. The number of rotatable bonds is 6. The topological polar surface area (TPSA) is 85.7 Å². The Morgan fingerprint density at radius 3 is 2.68 bits per heavy atom. The van der Waals surface area contributed by atoms with Crippen molar-refractivity contribution in [2.75, 3.05) is 32.7 Å². The highest BCUT2D eigenvalue weighted by molar-refractivity contribution is 6.18. The van der Waals surface area contributed by atoms with E-state index in [1.807, 2.05) is 24.3 Å². The van der Waals surface area contributed by atoms with Crippen molar-refractivity contribution in [1.82, 2.24) is 20.0 Å². The van der Waals surface area contributed by atoms with Gasteiger partial charge in [-0.25, -0.2) is 14.3 Å². The molecule has 1 aliphatic rings. The van der Waals surface area contributed by atoms with Crippen LogP contribution in [0, 0.1) is 0 Å². The van der Waals surface area contributed by atoms with E-state index < -0.39 is 5.97 Å². The van der Waals surface area contributed by atoms with Gasteiger partial charge in [0.25, 0.3) is 0 Å². The number of hydrogen-bond donors (Lipinski definition) is 1. The third-order valence-corrected chi connectivity index (χ3v) is 4.69. The van der Waals surface area contributed by atoms with Gasteiger partial charge < -0.3 is 19.7 Å². The Labute approximate surface area is 168 Å². The molecule has 2 heterocycles. The molecule has 0 bridgehead atoms. The van der Waals surface area contributed by atoms with Crippen LogP contribution in [0.3, 0.4) is 0 Å². The zero-order valence-corrected chi connectivity index (χ0v) is 16.7. The Balaban J connectivity index is 1.96. The molecule has 0 atom stereocenters.